The molecule has 0 bridgehead atoms. The molecule has 0 unspecified atom stereocenters. The number of nitrogens with two attached hydrogens (primary N) is 1. The Bertz CT molecular complexity index is 1360. The number of carbonyl (C=O) groups is 4. The molecule has 2 fully saturated rings. The predicted molar refractivity (Wildman–Crippen MR) is 139 cm³/mol. The zero-order chi connectivity index (χ0) is 27.4. The summed E-state index contributed by atoms with van der Waals surface area (Å²) in [6.45, 7) is 3.98. The number of benzene rings is 2. The van der Waals surface area contributed by atoms with Crippen molar-refractivity contribution in [3.63, 3.8) is 0 Å². The lowest BCUT2D eigenvalue weighted by atomic mass is 9.75. The fraction of sp³-hybridized carbons (Fsp3) is 0.429. The van der Waals surface area contributed by atoms with Gasteiger partial charge in [-0.05, 0) is 49.9 Å². The van der Waals surface area contributed by atoms with Gasteiger partial charge in [0.2, 0.25) is 23.6 Å². The van der Waals surface area contributed by atoms with Crippen LogP contribution in [0.25, 0.3) is 0 Å². The Labute approximate surface area is 220 Å². The van der Waals surface area contributed by atoms with E-state index < -0.39 is 35.2 Å². The Kier molecular flexibility index (Phi) is 6.38. The molecule has 1 spiro atoms. The summed E-state index contributed by atoms with van der Waals surface area (Å²) < 4.78 is 10.7. The van der Waals surface area contributed by atoms with Crippen LogP contribution in [-0.2, 0) is 31.1 Å². The molecule has 3 heterocycles. The second kappa shape index (κ2) is 9.43. The van der Waals surface area contributed by atoms with E-state index in [1.165, 1.54) is 4.90 Å². The predicted octanol–water partition coefficient (Wildman–Crippen LogP) is 1.55. The van der Waals surface area contributed by atoms with Gasteiger partial charge in [0.15, 0.2) is 11.5 Å². The van der Waals surface area contributed by atoms with Crippen LogP contribution in [0.4, 0.5) is 5.69 Å². The molecule has 2 saturated heterocycles. The minimum Gasteiger partial charge on any atom is -0.493 e. The minimum atomic E-state index is -1.40. The Morgan fingerprint density at radius 1 is 1.05 bits per heavy atom. The summed E-state index contributed by atoms with van der Waals surface area (Å²) in [7, 11) is 3.10. The van der Waals surface area contributed by atoms with E-state index >= 15 is 0 Å². The fourth-order valence-electron chi connectivity index (χ4n) is 6.36. The van der Waals surface area contributed by atoms with Gasteiger partial charge in [0.25, 0.3) is 0 Å². The molecule has 0 radical (unpaired) electrons. The van der Waals surface area contributed by atoms with Gasteiger partial charge < -0.3 is 20.5 Å². The van der Waals surface area contributed by atoms with Crippen molar-refractivity contribution in [3.8, 4) is 11.5 Å². The van der Waals surface area contributed by atoms with E-state index in [-0.39, 0.29) is 31.2 Å². The Hall–Kier alpha value is -3.92. The van der Waals surface area contributed by atoms with Crippen LogP contribution >= 0.6 is 0 Å². The van der Waals surface area contributed by atoms with E-state index in [2.05, 4.69) is 10.6 Å². The summed E-state index contributed by atoms with van der Waals surface area (Å²) in [6.07, 6.45) is 0.685. The van der Waals surface area contributed by atoms with Gasteiger partial charge in [-0.2, -0.15) is 0 Å². The number of methoxy groups -OCH3 is 2. The zero-order valence-electron chi connectivity index (χ0n) is 21.9. The zero-order valence-corrected chi connectivity index (χ0v) is 21.9. The molecule has 200 valence electrons. The number of fused-ring (bicyclic) bond motifs is 4. The van der Waals surface area contributed by atoms with Crippen molar-refractivity contribution in [3.05, 3.63) is 52.6 Å². The number of imide groups is 1. The van der Waals surface area contributed by atoms with E-state index in [0.717, 1.165) is 16.7 Å². The highest BCUT2D eigenvalue weighted by atomic mass is 16.5. The second-order valence-electron chi connectivity index (χ2n) is 10.3. The molecule has 0 aromatic heterocycles. The Morgan fingerprint density at radius 2 is 1.79 bits per heavy atom. The first-order valence-electron chi connectivity index (χ1n) is 12.7. The molecular weight excluding hydrogens is 488 g/mol. The van der Waals surface area contributed by atoms with Crippen molar-refractivity contribution < 1.29 is 28.7 Å². The number of likely N-dealkylation sites (tertiary alicyclic amines) is 1. The molecule has 5 rings (SSSR count). The third-order valence-electron chi connectivity index (χ3n) is 8.03. The molecule has 3 aliphatic heterocycles. The van der Waals surface area contributed by atoms with Gasteiger partial charge in [-0.3, -0.25) is 29.4 Å². The number of rotatable bonds is 8. The van der Waals surface area contributed by atoms with Crippen molar-refractivity contribution in [2.24, 2.45) is 17.6 Å². The number of hydrogen-bond acceptors (Lipinski definition) is 7. The fourth-order valence-corrected chi connectivity index (χ4v) is 6.36. The molecule has 0 aliphatic carbocycles. The molecule has 0 saturated carbocycles. The quantitative estimate of drug-likeness (QED) is 0.449. The standard InChI is InChI=1S/C28H32N4O6/c1-14-11-15(2)24-17(12-14)28(27(36)30-24)23-22(18(31-28)6-8-21(29)33)25(34)32(26(23)35)10-9-16-5-7-19(37-3)20(13-16)38-4/h5,7,11-13,18,22-23,31H,6,8-10H2,1-4H3,(H2,29,33)(H,30,36)/t18-,22-,23+,28-/m1/s1. The van der Waals surface area contributed by atoms with Crippen LogP contribution in [0, 0.1) is 25.7 Å². The summed E-state index contributed by atoms with van der Waals surface area (Å²) in [4.78, 5) is 54.2. The topological polar surface area (TPSA) is 140 Å². The summed E-state index contributed by atoms with van der Waals surface area (Å²) in [5.74, 6) is -2.18. The van der Waals surface area contributed by atoms with Gasteiger partial charge in [0, 0.05) is 30.3 Å². The van der Waals surface area contributed by atoms with E-state index in [4.69, 9.17) is 15.2 Å². The first kappa shape index (κ1) is 25.7. The third kappa shape index (κ3) is 3.82. The van der Waals surface area contributed by atoms with Crippen molar-refractivity contribution in [1.82, 2.24) is 10.2 Å². The van der Waals surface area contributed by atoms with Gasteiger partial charge in [-0.15, -0.1) is 0 Å². The molecule has 4 atom stereocenters. The highest BCUT2D eigenvalue weighted by molar-refractivity contribution is 6.15. The first-order valence-corrected chi connectivity index (χ1v) is 12.7. The Morgan fingerprint density at radius 3 is 2.47 bits per heavy atom. The number of amides is 4. The van der Waals surface area contributed by atoms with E-state index in [1.807, 2.05) is 38.1 Å². The minimum absolute atomic E-state index is 0.0331. The number of nitrogens with one attached hydrogen (secondary N) is 2. The smallest absolute Gasteiger partial charge is 0.250 e. The number of aryl methyl sites for hydroxylation is 2. The van der Waals surface area contributed by atoms with Crippen LogP contribution in [0.15, 0.2) is 30.3 Å². The second-order valence-corrected chi connectivity index (χ2v) is 10.3. The molecule has 2 aromatic rings. The van der Waals surface area contributed by atoms with E-state index in [9.17, 15) is 19.2 Å². The summed E-state index contributed by atoms with van der Waals surface area (Å²) in [6, 6.07) is 8.75. The van der Waals surface area contributed by atoms with Crippen LogP contribution in [-0.4, -0.2) is 55.3 Å². The molecule has 10 nitrogen and oxygen atoms in total. The summed E-state index contributed by atoms with van der Waals surface area (Å²) in [5.41, 5.74) is 8.03. The number of hydrogen-bond donors (Lipinski definition) is 3. The molecule has 4 N–H and O–H groups in total. The van der Waals surface area contributed by atoms with Gasteiger partial charge in [0.1, 0.15) is 5.54 Å². The lowest BCUT2D eigenvalue weighted by molar-refractivity contribution is -0.142. The monoisotopic (exact) mass is 520 g/mol. The molecule has 3 aliphatic rings. The van der Waals surface area contributed by atoms with Crippen molar-refractivity contribution in [2.45, 2.75) is 44.7 Å². The first-order chi connectivity index (χ1) is 18.1. The summed E-state index contributed by atoms with van der Waals surface area (Å²) >= 11 is 0. The molecule has 38 heavy (non-hydrogen) atoms. The maximum atomic E-state index is 14.0. The van der Waals surface area contributed by atoms with Gasteiger partial charge in [-0.25, -0.2) is 0 Å². The number of anilines is 1. The lowest BCUT2D eigenvalue weighted by Gasteiger charge is -2.30. The largest absolute Gasteiger partial charge is 0.493 e. The average molecular weight is 521 g/mol. The van der Waals surface area contributed by atoms with Crippen molar-refractivity contribution in [1.29, 1.82) is 0 Å². The number of ether oxygens (including phenoxy) is 2. The molecular formula is C28H32N4O6. The van der Waals surface area contributed by atoms with Crippen LogP contribution in [0.1, 0.15) is 35.1 Å². The maximum Gasteiger partial charge on any atom is 0.250 e. The number of nitrogens with zero attached hydrogens (tertiary/aromatic N) is 1. The SMILES string of the molecule is COc1ccc(CCN2C(=O)[C@H]3[C@@H](C2=O)[C@@]2(N[C@@H]3CCC(N)=O)C(=O)Nc3c(C)cc(C)cc32)cc1OC. The lowest BCUT2D eigenvalue weighted by Crippen LogP contribution is -2.53. The Balaban J connectivity index is 1.50. The van der Waals surface area contributed by atoms with E-state index in [1.54, 1.807) is 20.3 Å². The van der Waals surface area contributed by atoms with Gasteiger partial charge >= 0.3 is 0 Å². The van der Waals surface area contributed by atoms with Crippen molar-refractivity contribution in [2.75, 3.05) is 26.1 Å². The van der Waals surface area contributed by atoms with E-state index in [0.29, 0.717) is 29.2 Å². The summed E-state index contributed by atoms with van der Waals surface area (Å²) in [5, 5.41) is 6.30. The van der Waals surface area contributed by atoms with Gasteiger partial charge in [0.05, 0.1) is 26.1 Å². The maximum absolute atomic E-state index is 14.0. The van der Waals surface area contributed by atoms with Crippen molar-refractivity contribution >= 4 is 29.3 Å². The van der Waals surface area contributed by atoms with Crippen LogP contribution < -0.4 is 25.8 Å². The highest BCUT2D eigenvalue weighted by Crippen LogP contribution is 2.54. The molecule has 4 amide bonds. The van der Waals surface area contributed by atoms with Crippen LogP contribution in [0.5, 0.6) is 11.5 Å². The van der Waals surface area contributed by atoms with Gasteiger partial charge in [-0.1, -0.05) is 23.8 Å². The third-order valence-corrected chi connectivity index (χ3v) is 8.03. The highest BCUT2D eigenvalue weighted by Gasteiger charge is 2.70. The average Bonchev–Trinajstić information content (AvgIpc) is 3.46. The van der Waals surface area contributed by atoms with Crippen LogP contribution in [0.2, 0.25) is 0 Å². The molecule has 2 aromatic carbocycles. The molecule has 10 heteroatoms. The number of carbonyl (C=O) groups excluding carboxylic acids is 4. The number of primary amides is 1. The normalized spacial score (nSPS) is 25.5. The van der Waals surface area contributed by atoms with Crippen LogP contribution in [0.3, 0.4) is 0 Å².